The van der Waals surface area contributed by atoms with Gasteiger partial charge in [0.05, 0.1) is 11.1 Å². The van der Waals surface area contributed by atoms with Crippen molar-refractivity contribution in [3.63, 3.8) is 0 Å². The Bertz CT molecular complexity index is 652. The average Bonchev–Trinajstić information content (AvgIpc) is 2.78. The molecule has 0 radical (unpaired) electrons. The highest BCUT2D eigenvalue weighted by Crippen LogP contribution is 2.22. The number of imide groups is 1. The molecule has 0 aromatic heterocycles. The molecule has 3 rings (SSSR count). The molecule has 0 N–H and O–H groups in total. The maximum absolute atomic E-state index is 12.1. The first-order valence-corrected chi connectivity index (χ1v) is 6.66. The van der Waals surface area contributed by atoms with Crippen molar-refractivity contribution in [3.8, 4) is 0 Å². The fourth-order valence-corrected chi connectivity index (χ4v) is 2.34. The van der Waals surface area contributed by atoms with E-state index in [0.717, 1.165) is 11.3 Å². The minimum Gasteiger partial charge on any atom is -0.440 e. The molecule has 106 valence electrons. The van der Waals surface area contributed by atoms with E-state index in [-0.39, 0.29) is 6.73 Å². The lowest BCUT2D eigenvalue weighted by Crippen LogP contribution is -2.33. The Hall–Kier alpha value is -2.69. The number of carbonyl (C=O) groups excluding carboxylic acids is 3. The van der Waals surface area contributed by atoms with Crippen molar-refractivity contribution in [2.75, 3.05) is 6.73 Å². The number of benzene rings is 1. The molecule has 0 saturated carbocycles. The van der Waals surface area contributed by atoms with Crippen LogP contribution in [0.4, 0.5) is 0 Å². The number of ether oxygens (including phenoxy) is 1. The monoisotopic (exact) mass is 283 g/mol. The normalized spacial score (nSPS) is 16.8. The van der Waals surface area contributed by atoms with Gasteiger partial charge in [-0.15, -0.1) is 0 Å². The van der Waals surface area contributed by atoms with Crippen molar-refractivity contribution >= 4 is 17.8 Å². The van der Waals surface area contributed by atoms with Gasteiger partial charge in [-0.3, -0.25) is 9.59 Å². The Morgan fingerprint density at radius 2 is 1.81 bits per heavy atom. The Morgan fingerprint density at radius 3 is 2.38 bits per heavy atom. The Balaban J connectivity index is 1.68. The summed E-state index contributed by atoms with van der Waals surface area (Å²) in [4.78, 5) is 37.0. The predicted octanol–water partition coefficient (Wildman–Crippen LogP) is 2.06. The summed E-state index contributed by atoms with van der Waals surface area (Å²) < 4.78 is 5.08. The van der Waals surface area contributed by atoms with Gasteiger partial charge in [0.1, 0.15) is 0 Å². The summed E-state index contributed by atoms with van der Waals surface area (Å²) in [5.41, 5.74) is 1.24. The van der Waals surface area contributed by atoms with Crippen LogP contribution in [0, 0.1) is 0 Å². The molecule has 5 heteroatoms. The maximum atomic E-state index is 12.1. The van der Waals surface area contributed by atoms with Crippen LogP contribution in [0.1, 0.15) is 33.6 Å². The van der Waals surface area contributed by atoms with Crippen LogP contribution < -0.4 is 0 Å². The highest BCUT2D eigenvalue weighted by atomic mass is 16.5. The molecule has 0 saturated heterocycles. The third kappa shape index (κ3) is 2.38. The highest BCUT2D eigenvalue weighted by molar-refractivity contribution is 6.21. The molecule has 0 bridgehead atoms. The zero-order valence-electron chi connectivity index (χ0n) is 11.2. The van der Waals surface area contributed by atoms with Crippen LogP contribution in [0.5, 0.6) is 0 Å². The number of hydrogen-bond acceptors (Lipinski definition) is 4. The Labute approximate surface area is 121 Å². The summed E-state index contributed by atoms with van der Waals surface area (Å²) in [7, 11) is 0. The van der Waals surface area contributed by atoms with E-state index in [9.17, 15) is 14.4 Å². The van der Waals surface area contributed by atoms with Crippen LogP contribution in [-0.2, 0) is 9.53 Å². The SMILES string of the molecule is O=C(OCN1C(=O)c2ccccc2C1=O)C1=CC=CCC1. The quantitative estimate of drug-likeness (QED) is 0.629. The number of amides is 2. The molecule has 0 unspecified atom stereocenters. The maximum Gasteiger partial charge on any atom is 0.335 e. The molecule has 21 heavy (non-hydrogen) atoms. The van der Waals surface area contributed by atoms with E-state index in [1.165, 1.54) is 0 Å². The fraction of sp³-hybridized carbons (Fsp3) is 0.188. The van der Waals surface area contributed by atoms with E-state index in [2.05, 4.69) is 0 Å². The predicted molar refractivity (Wildman–Crippen MR) is 74.4 cm³/mol. The van der Waals surface area contributed by atoms with Crippen molar-refractivity contribution in [2.45, 2.75) is 12.8 Å². The molecule has 0 spiro atoms. The lowest BCUT2D eigenvalue weighted by Gasteiger charge is -2.15. The molecule has 0 atom stereocenters. The van der Waals surface area contributed by atoms with Gasteiger partial charge in [0.15, 0.2) is 6.73 Å². The number of fused-ring (bicyclic) bond motifs is 1. The van der Waals surface area contributed by atoms with Crippen molar-refractivity contribution in [1.29, 1.82) is 0 Å². The molecule has 2 aliphatic rings. The molecular formula is C16H13NO4. The van der Waals surface area contributed by atoms with Gasteiger partial charge in [0, 0.05) is 5.57 Å². The molecular weight excluding hydrogens is 270 g/mol. The van der Waals surface area contributed by atoms with Crippen LogP contribution in [0.3, 0.4) is 0 Å². The molecule has 5 nitrogen and oxygen atoms in total. The van der Waals surface area contributed by atoms with Gasteiger partial charge >= 0.3 is 5.97 Å². The fourth-order valence-electron chi connectivity index (χ4n) is 2.34. The molecule has 1 aliphatic heterocycles. The third-order valence-electron chi connectivity index (χ3n) is 3.48. The second kappa shape index (κ2) is 5.36. The van der Waals surface area contributed by atoms with Gasteiger partial charge < -0.3 is 4.74 Å². The van der Waals surface area contributed by atoms with Gasteiger partial charge in [0.2, 0.25) is 0 Å². The minimum atomic E-state index is -0.490. The van der Waals surface area contributed by atoms with Crippen LogP contribution >= 0.6 is 0 Å². The first kappa shape index (κ1) is 13.3. The van der Waals surface area contributed by atoms with E-state index in [0.29, 0.717) is 23.1 Å². The first-order valence-electron chi connectivity index (χ1n) is 6.66. The van der Waals surface area contributed by atoms with E-state index in [1.54, 1.807) is 36.4 Å². The smallest absolute Gasteiger partial charge is 0.335 e. The van der Waals surface area contributed by atoms with E-state index >= 15 is 0 Å². The second-order valence-electron chi connectivity index (χ2n) is 4.80. The number of rotatable bonds is 3. The number of esters is 1. The molecule has 1 aromatic carbocycles. The van der Waals surface area contributed by atoms with E-state index in [4.69, 9.17) is 4.74 Å². The number of carbonyl (C=O) groups is 3. The number of nitrogens with zero attached hydrogens (tertiary/aromatic N) is 1. The van der Waals surface area contributed by atoms with Crippen molar-refractivity contribution in [2.24, 2.45) is 0 Å². The van der Waals surface area contributed by atoms with Gasteiger partial charge in [-0.2, -0.15) is 0 Å². The van der Waals surface area contributed by atoms with E-state index < -0.39 is 17.8 Å². The minimum absolute atomic E-state index is 0.346. The van der Waals surface area contributed by atoms with Crippen LogP contribution in [0.2, 0.25) is 0 Å². The second-order valence-corrected chi connectivity index (χ2v) is 4.80. The molecule has 1 aliphatic carbocycles. The van der Waals surface area contributed by atoms with Gasteiger partial charge in [-0.25, -0.2) is 9.69 Å². The van der Waals surface area contributed by atoms with Crippen molar-refractivity contribution in [3.05, 3.63) is 59.2 Å². The molecule has 2 amide bonds. The lowest BCUT2D eigenvalue weighted by molar-refractivity contribution is -0.141. The van der Waals surface area contributed by atoms with Crippen LogP contribution in [0.15, 0.2) is 48.1 Å². The Kier molecular flexibility index (Phi) is 3.39. The number of allylic oxidation sites excluding steroid dienone is 3. The summed E-state index contributed by atoms with van der Waals surface area (Å²) in [6.07, 6.45) is 6.84. The lowest BCUT2D eigenvalue weighted by atomic mass is 10.1. The Morgan fingerprint density at radius 1 is 1.14 bits per heavy atom. The van der Waals surface area contributed by atoms with Crippen molar-refractivity contribution < 1.29 is 19.1 Å². The molecule has 0 fully saturated rings. The zero-order valence-corrected chi connectivity index (χ0v) is 11.2. The van der Waals surface area contributed by atoms with E-state index in [1.807, 2.05) is 6.08 Å². The zero-order chi connectivity index (χ0) is 14.8. The van der Waals surface area contributed by atoms with Gasteiger partial charge in [0.25, 0.3) is 11.8 Å². The summed E-state index contributed by atoms with van der Waals surface area (Å²) in [5, 5.41) is 0. The third-order valence-corrected chi connectivity index (χ3v) is 3.48. The van der Waals surface area contributed by atoms with Crippen LogP contribution in [-0.4, -0.2) is 29.4 Å². The van der Waals surface area contributed by atoms with Crippen molar-refractivity contribution in [1.82, 2.24) is 4.90 Å². The molecule has 1 aromatic rings. The summed E-state index contributed by atoms with van der Waals surface area (Å²) in [6.45, 7) is -0.355. The summed E-state index contributed by atoms with van der Waals surface area (Å²) >= 11 is 0. The summed E-state index contributed by atoms with van der Waals surface area (Å²) in [6, 6.07) is 6.56. The van der Waals surface area contributed by atoms with Crippen LogP contribution in [0.25, 0.3) is 0 Å². The molecule has 1 heterocycles. The topological polar surface area (TPSA) is 63.7 Å². The highest BCUT2D eigenvalue weighted by Gasteiger charge is 2.35. The summed E-state index contributed by atoms with van der Waals surface area (Å²) in [5.74, 6) is -1.35. The first-order chi connectivity index (χ1) is 10.2. The average molecular weight is 283 g/mol. The van der Waals surface area contributed by atoms with Gasteiger partial charge in [-0.05, 0) is 25.0 Å². The number of hydrogen-bond donors (Lipinski definition) is 0. The van der Waals surface area contributed by atoms with Gasteiger partial charge in [-0.1, -0.05) is 30.4 Å². The standard InChI is InChI=1S/C16H13NO4/c18-14-12-8-4-5-9-13(12)15(19)17(14)10-21-16(20)11-6-2-1-3-7-11/h1-2,4-6,8-9H,3,7,10H2. The largest absolute Gasteiger partial charge is 0.440 e.